The van der Waals surface area contributed by atoms with E-state index >= 15 is 0 Å². The summed E-state index contributed by atoms with van der Waals surface area (Å²) in [6, 6.07) is 5.42. The molecule has 4 amide bonds. The number of thiophene rings is 1. The average Bonchev–Trinajstić information content (AvgIpc) is 3.18. The van der Waals surface area contributed by atoms with E-state index in [0.717, 1.165) is 17.0 Å². The van der Waals surface area contributed by atoms with Crippen LogP contribution in [-0.4, -0.2) is 43.5 Å². The van der Waals surface area contributed by atoms with Gasteiger partial charge in [0, 0.05) is 17.5 Å². The summed E-state index contributed by atoms with van der Waals surface area (Å²) >= 11 is 1.54. The molecule has 0 saturated carbocycles. The van der Waals surface area contributed by atoms with Crippen molar-refractivity contribution >= 4 is 35.2 Å². The van der Waals surface area contributed by atoms with Crippen molar-refractivity contribution < 1.29 is 32.7 Å². The maximum Gasteiger partial charge on any atom is 0.325 e. The molecule has 0 aliphatic carbocycles. The first-order valence-corrected chi connectivity index (χ1v) is 9.22. The zero-order valence-corrected chi connectivity index (χ0v) is 15.8. The summed E-state index contributed by atoms with van der Waals surface area (Å²) in [6.45, 7) is -1.06. The maximum atomic E-state index is 13.5. The van der Waals surface area contributed by atoms with E-state index in [2.05, 4.69) is 15.4 Å². The highest BCUT2D eigenvalue weighted by Crippen LogP contribution is 2.09. The molecule has 0 saturated heterocycles. The second-order valence-corrected chi connectivity index (χ2v) is 6.63. The minimum atomic E-state index is -1.08. The maximum absolute atomic E-state index is 13.5. The van der Waals surface area contributed by atoms with Gasteiger partial charge in [-0.25, -0.2) is 13.6 Å². The Kier molecular flexibility index (Phi) is 8.22. The molecule has 0 spiro atoms. The molecule has 1 aromatic carbocycles. The number of imide groups is 1. The van der Waals surface area contributed by atoms with Crippen LogP contribution in [0.15, 0.2) is 35.7 Å². The number of benzene rings is 1. The number of rotatable bonds is 8. The highest BCUT2D eigenvalue weighted by atomic mass is 32.1. The summed E-state index contributed by atoms with van der Waals surface area (Å²) in [5, 5.41) is 8.45. The molecule has 154 valence electrons. The quantitative estimate of drug-likeness (QED) is 0.553. The third-order valence-corrected chi connectivity index (χ3v) is 4.36. The van der Waals surface area contributed by atoms with Crippen LogP contribution in [0.25, 0.3) is 0 Å². The Morgan fingerprint density at radius 1 is 1.07 bits per heavy atom. The van der Waals surface area contributed by atoms with Gasteiger partial charge in [0.05, 0.1) is 5.56 Å². The number of ether oxygens (including phenoxy) is 1. The van der Waals surface area contributed by atoms with Crippen LogP contribution in [0, 0.1) is 11.6 Å². The Morgan fingerprint density at radius 2 is 1.86 bits per heavy atom. The van der Waals surface area contributed by atoms with Gasteiger partial charge in [0.25, 0.3) is 11.8 Å². The van der Waals surface area contributed by atoms with E-state index in [-0.39, 0.29) is 0 Å². The van der Waals surface area contributed by atoms with Crippen molar-refractivity contribution in [3.8, 4) is 0 Å². The van der Waals surface area contributed by atoms with Crippen LogP contribution in [0.2, 0.25) is 0 Å². The molecule has 8 nitrogen and oxygen atoms in total. The van der Waals surface area contributed by atoms with Gasteiger partial charge < -0.3 is 15.4 Å². The summed E-state index contributed by atoms with van der Waals surface area (Å²) in [7, 11) is 0. The Bertz CT molecular complexity index is 890. The van der Waals surface area contributed by atoms with Gasteiger partial charge >= 0.3 is 12.0 Å². The minimum absolute atomic E-state index is 0.325. The van der Waals surface area contributed by atoms with Crippen molar-refractivity contribution in [1.29, 1.82) is 0 Å². The van der Waals surface area contributed by atoms with E-state index in [0.29, 0.717) is 19.0 Å². The molecule has 0 atom stereocenters. The zero-order chi connectivity index (χ0) is 21.2. The Hall–Kier alpha value is -3.34. The van der Waals surface area contributed by atoms with E-state index in [4.69, 9.17) is 0 Å². The molecule has 3 N–H and O–H groups in total. The van der Waals surface area contributed by atoms with E-state index in [1.165, 1.54) is 0 Å². The second kappa shape index (κ2) is 10.9. The van der Waals surface area contributed by atoms with Gasteiger partial charge in [-0.1, -0.05) is 6.07 Å². The molecule has 0 aliphatic heterocycles. The molecular weight excluding hydrogens is 408 g/mol. The fourth-order valence-electron chi connectivity index (χ4n) is 2.08. The molecule has 0 fully saturated rings. The molecule has 2 rings (SSSR count). The fraction of sp³-hybridized carbons (Fsp3) is 0.222. The third-order valence-electron chi connectivity index (χ3n) is 3.42. The van der Waals surface area contributed by atoms with Crippen LogP contribution in [-0.2, 0) is 20.7 Å². The first-order chi connectivity index (χ1) is 13.8. The number of esters is 1. The number of carbonyl (C=O) groups excluding carboxylic acids is 4. The lowest BCUT2D eigenvalue weighted by Crippen LogP contribution is -2.42. The number of hydrogen-bond donors (Lipinski definition) is 3. The minimum Gasteiger partial charge on any atom is -0.454 e. The summed E-state index contributed by atoms with van der Waals surface area (Å²) in [5.74, 6) is -4.72. The standard InChI is InChI=1S/C18H17F2N3O5S/c19-11-3-4-13(14(20)8-11)17(26)22-9-16(25)28-10-15(24)23-18(27)21-6-5-12-2-1-7-29-12/h1-4,7-8H,5-6,9-10H2,(H,22,26)(H2,21,23,24,27). The first-order valence-electron chi connectivity index (χ1n) is 8.34. The number of amides is 4. The molecule has 0 radical (unpaired) electrons. The fourth-order valence-corrected chi connectivity index (χ4v) is 2.79. The highest BCUT2D eigenvalue weighted by molar-refractivity contribution is 7.09. The largest absolute Gasteiger partial charge is 0.454 e. The van der Waals surface area contributed by atoms with E-state index < -0.39 is 54.2 Å². The Balaban J connectivity index is 1.63. The second-order valence-electron chi connectivity index (χ2n) is 5.60. The molecular formula is C18H17F2N3O5S. The van der Waals surface area contributed by atoms with E-state index in [1.54, 1.807) is 11.3 Å². The van der Waals surface area contributed by atoms with Crippen molar-refractivity contribution in [3.63, 3.8) is 0 Å². The smallest absolute Gasteiger partial charge is 0.325 e. The predicted molar refractivity (Wildman–Crippen MR) is 99.2 cm³/mol. The molecule has 29 heavy (non-hydrogen) atoms. The zero-order valence-electron chi connectivity index (χ0n) is 15.0. The topological polar surface area (TPSA) is 114 Å². The third kappa shape index (κ3) is 7.66. The average molecular weight is 425 g/mol. The van der Waals surface area contributed by atoms with Crippen LogP contribution in [0.1, 0.15) is 15.2 Å². The Morgan fingerprint density at radius 3 is 2.55 bits per heavy atom. The number of hydrogen-bond acceptors (Lipinski definition) is 6. The van der Waals surface area contributed by atoms with E-state index in [1.807, 2.05) is 22.8 Å². The SMILES string of the molecule is O=C(COC(=O)CNC(=O)c1ccc(F)cc1F)NC(=O)NCCc1cccs1. The number of halogens is 2. The molecule has 11 heteroatoms. The lowest BCUT2D eigenvalue weighted by Gasteiger charge is -2.08. The molecule has 0 unspecified atom stereocenters. The van der Waals surface area contributed by atoms with Gasteiger partial charge in [0.1, 0.15) is 18.2 Å². The molecule has 0 bridgehead atoms. The molecule has 1 aromatic heterocycles. The summed E-state index contributed by atoms with van der Waals surface area (Å²) in [6.07, 6.45) is 0.614. The normalized spacial score (nSPS) is 10.1. The predicted octanol–water partition coefficient (Wildman–Crippen LogP) is 1.37. The van der Waals surface area contributed by atoms with Crippen molar-refractivity contribution in [2.75, 3.05) is 19.7 Å². The summed E-state index contributed by atoms with van der Waals surface area (Å²) in [5.41, 5.74) is -0.448. The van der Waals surface area contributed by atoms with Crippen LogP contribution in [0.3, 0.4) is 0 Å². The van der Waals surface area contributed by atoms with Crippen LogP contribution >= 0.6 is 11.3 Å². The van der Waals surface area contributed by atoms with Crippen molar-refractivity contribution in [2.24, 2.45) is 0 Å². The van der Waals surface area contributed by atoms with Crippen LogP contribution in [0.4, 0.5) is 13.6 Å². The van der Waals surface area contributed by atoms with Crippen molar-refractivity contribution in [1.82, 2.24) is 16.0 Å². The van der Waals surface area contributed by atoms with Gasteiger partial charge in [-0.3, -0.25) is 19.7 Å². The van der Waals surface area contributed by atoms with E-state index in [9.17, 15) is 28.0 Å². The molecule has 1 heterocycles. The summed E-state index contributed by atoms with van der Waals surface area (Å²) < 4.78 is 30.9. The first kappa shape index (κ1) is 22.0. The number of nitrogens with one attached hydrogen (secondary N) is 3. The summed E-state index contributed by atoms with van der Waals surface area (Å²) in [4.78, 5) is 47.5. The monoisotopic (exact) mass is 425 g/mol. The lowest BCUT2D eigenvalue weighted by atomic mass is 10.2. The van der Waals surface area contributed by atoms with Gasteiger partial charge in [0.15, 0.2) is 6.61 Å². The molecule has 0 aliphatic rings. The lowest BCUT2D eigenvalue weighted by molar-refractivity contribution is -0.147. The van der Waals surface area contributed by atoms with Crippen LogP contribution in [0.5, 0.6) is 0 Å². The van der Waals surface area contributed by atoms with Gasteiger partial charge in [-0.2, -0.15) is 0 Å². The van der Waals surface area contributed by atoms with Crippen molar-refractivity contribution in [2.45, 2.75) is 6.42 Å². The molecule has 2 aromatic rings. The van der Waals surface area contributed by atoms with Gasteiger partial charge in [-0.15, -0.1) is 11.3 Å². The number of urea groups is 1. The Labute approximate surface area is 168 Å². The van der Waals surface area contributed by atoms with Gasteiger partial charge in [-0.05, 0) is 30.0 Å². The van der Waals surface area contributed by atoms with Gasteiger partial charge in [0.2, 0.25) is 0 Å². The van der Waals surface area contributed by atoms with Crippen molar-refractivity contribution in [3.05, 3.63) is 57.8 Å². The van der Waals surface area contributed by atoms with Crippen LogP contribution < -0.4 is 16.0 Å². The highest BCUT2D eigenvalue weighted by Gasteiger charge is 2.15. The number of carbonyl (C=O) groups is 4.